The summed E-state index contributed by atoms with van der Waals surface area (Å²) >= 11 is 0. The Morgan fingerprint density at radius 2 is 1.69 bits per heavy atom. The molecule has 0 radical (unpaired) electrons. The van der Waals surface area contributed by atoms with Crippen LogP contribution in [0.3, 0.4) is 0 Å². The summed E-state index contributed by atoms with van der Waals surface area (Å²) in [6.07, 6.45) is 0.0461. The standard InChI is InChI=1S/C18H33N3O5/c1-7-12(2)14(20-17(24)26-18(4,5)6)15(22)19-13(3)16(23)21-8-10-25-11-9-21/h12-14H,7-11H2,1-6H3,(H,19,22)(H,20,24)/t12-,13-,14-/m0/s1. The average Bonchev–Trinajstić information content (AvgIpc) is 2.57. The van der Waals surface area contributed by atoms with Crippen LogP contribution in [0.15, 0.2) is 0 Å². The Morgan fingerprint density at radius 1 is 1.12 bits per heavy atom. The van der Waals surface area contributed by atoms with Crippen LogP contribution in [0.4, 0.5) is 4.79 Å². The van der Waals surface area contributed by atoms with E-state index in [1.54, 1.807) is 32.6 Å². The molecule has 8 heteroatoms. The van der Waals surface area contributed by atoms with Crippen LogP contribution in [-0.2, 0) is 19.1 Å². The Hall–Kier alpha value is -1.83. The molecular weight excluding hydrogens is 338 g/mol. The van der Waals surface area contributed by atoms with Gasteiger partial charge < -0.3 is 25.0 Å². The summed E-state index contributed by atoms with van der Waals surface area (Å²) in [6.45, 7) is 12.8. The Balaban J connectivity index is 2.69. The highest BCUT2D eigenvalue weighted by molar-refractivity contribution is 5.91. The molecule has 0 spiro atoms. The predicted octanol–water partition coefficient (Wildman–Crippen LogP) is 1.29. The number of morpholine rings is 1. The van der Waals surface area contributed by atoms with Crippen LogP contribution in [0.25, 0.3) is 0 Å². The van der Waals surface area contributed by atoms with Crippen molar-refractivity contribution in [2.75, 3.05) is 26.3 Å². The number of alkyl carbamates (subject to hydrolysis) is 1. The van der Waals surface area contributed by atoms with Crippen LogP contribution in [0, 0.1) is 5.92 Å². The Bertz CT molecular complexity index is 498. The number of carbonyl (C=O) groups excluding carboxylic acids is 3. The molecule has 0 aromatic heterocycles. The van der Waals surface area contributed by atoms with E-state index >= 15 is 0 Å². The molecule has 26 heavy (non-hydrogen) atoms. The fourth-order valence-corrected chi connectivity index (χ4v) is 2.56. The molecule has 0 unspecified atom stereocenters. The Kier molecular flexibility index (Phi) is 8.33. The molecule has 0 aliphatic carbocycles. The van der Waals surface area contributed by atoms with Gasteiger partial charge in [0, 0.05) is 13.1 Å². The summed E-state index contributed by atoms with van der Waals surface area (Å²) in [5.74, 6) is -0.644. The highest BCUT2D eigenvalue weighted by Crippen LogP contribution is 2.12. The third-order valence-electron chi connectivity index (χ3n) is 4.22. The maximum Gasteiger partial charge on any atom is 0.408 e. The van der Waals surface area contributed by atoms with E-state index in [2.05, 4.69) is 10.6 Å². The molecule has 0 aromatic carbocycles. The van der Waals surface area contributed by atoms with Crippen molar-refractivity contribution in [3.8, 4) is 0 Å². The minimum absolute atomic E-state index is 0.104. The van der Waals surface area contributed by atoms with Gasteiger partial charge in [-0.25, -0.2) is 4.79 Å². The lowest BCUT2D eigenvalue weighted by atomic mass is 9.98. The molecule has 1 saturated heterocycles. The fourth-order valence-electron chi connectivity index (χ4n) is 2.56. The molecule has 3 amide bonds. The molecule has 2 N–H and O–H groups in total. The number of rotatable bonds is 6. The minimum Gasteiger partial charge on any atom is -0.444 e. The van der Waals surface area contributed by atoms with Crippen molar-refractivity contribution in [2.45, 2.75) is 65.6 Å². The molecule has 1 heterocycles. The van der Waals surface area contributed by atoms with Gasteiger partial charge in [0.1, 0.15) is 17.7 Å². The van der Waals surface area contributed by atoms with E-state index in [-0.39, 0.29) is 17.7 Å². The fraction of sp³-hybridized carbons (Fsp3) is 0.833. The van der Waals surface area contributed by atoms with Gasteiger partial charge in [-0.2, -0.15) is 0 Å². The zero-order valence-electron chi connectivity index (χ0n) is 16.8. The number of hydrogen-bond acceptors (Lipinski definition) is 5. The minimum atomic E-state index is -0.769. The lowest BCUT2D eigenvalue weighted by Gasteiger charge is -2.31. The number of nitrogens with zero attached hydrogens (tertiary/aromatic N) is 1. The van der Waals surface area contributed by atoms with Crippen LogP contribution >= 0.6 is 0 Å². The van der Waals surface area contributed by atoms with Gasteiger partial charge in [-0.3, -0.25) is 9.59 Å². The van der Waals surface area contributed by atoms with Crippen LogP contribution < -0.4 is 10.6 Å². The van der Waals surface area contributed by atoms with Gasteiger partial charge in [-0.15, -0.1) is 0 Å². The first-order chi connectivity index (χ1) is 12.0. The highest BCUT2D eigenvalue weighted by atomic mass is 16.6. The first kappa shape index (κ1) is 22.2. The number of ether oxygens (including phenoxy) is 2. The summed E-state index contributed by atoms with van der Waals surface area (Å²) in [5.41, 5.74) is -0.653. The summed E-state index contributed by atoms with van der Waals surface area (Å²) in [4.78, 5) is 38.8. The lowest BCUT2D eigenvalue weighted by Crippen LogP contribution is -2.56. The molecule has 0 aromatic rings. The number of carbonyl (C=O) groups is 3. The molecule has 1 aliphatic heterocycles. The molecule has 1 aliphatic rings. The molecule has 0 saturated carbocycles. The second-order valence-electron chi connectivity index (χ2n) is 7.68. The largest absolute Gasteiger partial charge is 0.444 e. The van der Waals surface area contributed by atoms with Crippen LogP contribution in [0.5, 0.6) is 0 Å². The van der Waals surface area contributed by atoms with Crippen molar-refractivity contribution in [3.05, 3.63) is 0 Å². The predicted molar refractivity (Wildman–Crippen MR) is 97.6 cm³/mol. The Morgan fingerprint density at radius 3 is 2.19 bits per heavy atom. The van der Waals surface area contributed by atoms with Gasteiger partial charge >= 0.3 is 6.09 Å². The summed E-state index contributed by atoms with van der Waals surface area (Å²) in [7, 11) is 0. The summed E-state index contributed by atoms with van der Waals surface area (Å²) in [5, 5.41) is 5.35. The first-order valence-electron chi connectivity index (χ1n) is 9.21. The van der Waals surface area contributed by atoms with Crippen molar-refractivity contribution < 1.29 is 23.9 Å². The number of hydrogen-bond donors (Lipinski definition) is 2. The van der Waals surface area contributed by atoms with Gasteiger partial charge in [-0.05, 0) is 33.6 Å². The van der Waals surface area contributed by atoms with Crippen molar-refractivity contribution in [1.29, 1.82) is 0 Å². The summed E-state index contributed by atoms with van der Waals surface area (Å²) in [6, 6.07) is -1.44. The SMILES string of the molecule is CC[C@H](C)[C@H](NC(=O)OC(C)(C)C)C(=O)N[C@@H](C)C(=O)N1CCOCC1. The van der Waals surface area contributed by atoms with E-state index in [9.17, 15) is 14.4 Å². The van der Waals surface area contributed by atoms with Gasteiger partial charge in [0.05, 0.1) is 13.2 Å². The number of amides is 3. The van der Waals surface area contributed by atoms with Gasteiger partial charge in [0.15, 0.2) is 0 Å². The van der Waals surface area contributed by atoms with Crippen molar-refractivity contribution >= 4 is 17.9 Å². The van der Waals surface area contributed by atoms with Gasteiger partial charge in [-0.1, -0.05) is 20.3 Å². The molecule has 1 rings (SSSR count). The van der Waals surface area contributed by atoms with E-state index in [0.717, 1.165) is 0 Å². The van der Waals surface area contributed by atoms with Gasteiger partial charge in [0.25, 0.3) is 0 Å². The van der Waals surface area contributed by atoms with Crippen molar-refractivity contribution in [2.24, 2.45) is 5.92 Å². The van der Waals surface area contributed by atoms with Crippen LogP contribution in [0.2, 0.25) is 0 Å². The second-order valence-corrected chi connectivity index (χ2v) is 7.68. The summed E-state index contributed by atoms with van der Waals surface area (Å²) < 4.78 is 10.5. The van der Waals surface area contributed by atoms with Crippen LogP contribution in [0.1, 0.15) is 48.0 Å². The third-order valence-corrected chi connectivity index (χ3v) is 4.22. The third kappa shape index (κ3) is 7.19. The maximum atomic E-state index is 12.7. The smallest absolute Gasteiger partial charge is 0.408 e. The molecular formula is C18H33N3O5. The monoisotopic (exact) mass is 371 g/mol. The molecule has 0 bridgehead atoms. The maximum absolute atomic E-state index is 12.7. The van der Waals surface area contributed by atoms with Crippen molar-refractivity contribution in [3.63, 3.8) is 0 Å². The van der Waals surface area contributed by atoms with Crippen molar-refractivity contribution in [1.82, 2.24) is 15.5 Å². The van der Waals surface area contributed by atoms with E-state index < -0.39 is 23.8 Å². The number of nitrogens with one attached hydrogen (secondary N) is 2. The molecule has 1 fully saturated rings. The highest BCUT2D eigenvalue weighted by Gasteiger charge is 2.31. The second kappa shape index (κ2) is 9.75. The zero-order valence-corrected chi connectivity index (χ0v) is 16.8. The molecule has 3 atom stereocenters. The van der Waals surface area contributed by atoms with E-state index in [1.165, 1.54) is 0 Å². The Labute approximate surface area is 156 Å². The zero-order chi connectivity index (χ0) is 19.9. The van der Waals surface area contributed by atoms with E-state index in [1.807, 2.05) is 13.8 Å². The van der Waals surface area contributed by atoms with Crippen LogP contribution in [-0.4, -0.2) is 66.8 Å². The van der Waals surface area contributed by atoms with E-state index in [0.29, 0.717) is 32.7 Å². The topological polar surface area (TPSA) is 97.0 Å². The quantitative estimate of drug-likeness (QED) is 0.733. The van der Waals surface area contributed by atoms with E-state index in [4.69, 9.17) is 9.47 Å². The molecule has 150 valence electrons. The average molecular weight is 371 g/mol. The molecule has 8 nitrogen and oxygen atoms in total. The lowest BCUT2D eigenvalue weighted by molar-refractivity contribution is -0.140. The normalized spacial score (nSPS) is 18.5. The van der Waals surface area contributed by atoms with Gasteiger partial charge in [0.2, 0.25) is 11.8 Å². The first-order valence-corrected chi connectivity index (χ1v) is 9.21.